The zero-order valence-corrected chi connectivity index (χ0v) is 13.4. The topological polar surface area (TPSA) is 105 Å². The van der Waals surface area contributed by atoms with Crippen LogP contribution >= 0.6 is 11.3 Å². The molecule has 0 fully saturated rings. The van der Waals surface area contributed by atoms with Crippen molar-refractivity contribution in [3.8, 4) is 11.4 Å². The van der Waals surface area contributed by atoms with Gasteiger partial charge in [0.15, 0.2) is 0 Å². The van der Waals surface area contributed by atoms with Gasteiger partial charge in [-0.2, -0.15) is 16.3 Å². The molecule has 1 unspecified atom stereocenters. The number of carbonyl (C=O) groups excluding carboxylic acids is 1. The normalized spacial score (nSPS) is 12.4. The van der Waals surface area contributed by atoms with Crippen LogP contribution in [-0.2, 0) is 16.0 Å². The van der Waals surface area contributed by atoms with E-state index in [1.165, 1.54) is 11.3 Å². The molecule has 2 aromatic rings. The Balaban J connectivity index is 1.85. The van der Waals surface area contributed by atoms with Crippen LogP contribution in [0, 0.1) is 0 Å². The maximum Gasteiger partial charge on any atom is 0.326 e. The molecule has 2 N–H and O–H groups in total. The Morgan fingerprint density at radius 2 is 2.35 bits per heavy atom. The van der Waals surface area contributed by atoms with E-state index in [0.29, 0.717) is 11.7 Å². The molecule has 0 saturated heterocycles. The molecule has 23 heavy (non-hydrogen) atoms. The second-order valence-corrected chi connectivity index (χ2v) is 5.57. The zero-order valence-electron chi connectivity index (χ0n) is 12.6. The van der Waals surface area contributed by atoms with Crippen LogP contribution in [0.3, 0.4) is 0 Å². The van der Waals surface area contributed by atoms with Crippen LogP contribution in [0.2, 0.25) is 0 Å². The molecule has 0 aliphatic rings. The van der Waals surface area contributed by atoms with Gasteiger partial charge in [0.25, 0.3) is 0 Å². The molecular weight excluding hydrogens is 318 g/mol. The summed E-state index contributed by atoms with van der Waals surface area (Å²) in [6, 6.07) is 0.952. The molecule has 8 heteroatoms. The molecule has 0 saturated carbocycles. The number of aryl methyl sites for hydroxylation is 1. The maximum atomic E-state index is 11.8. The van der Waals surface area contributed by atoms with E-state index in [4.69, 9.17) is 9.63 Å². The Morgan fingerprint density at radius 3 is 3.00 bits per heavy atom. The smallest absolute Gasteiger partial charge is 0.326 e. The van der Waals surface area contributed by atoms with Crippen molar-refractivity contribution in [2.75, 3.05) is 0 Å². The molecular formula is C15H17N3O4S. The molecule has 2 heterocycles. The summed E-state index contributed by atoms with van der Waals surface area (Å²) in [5.41, 5.74) is 0.867. The van der Waals surface area contributed by atoms with Gasteiger partial charge in [0.2, 0.25) is 17.6 Å². The quantitative estimate of drug-likeness (QED) is 0.717. The van der Waals surface area contributed by atoms with E-state index in [2.05, 4.69) is 15.5 Å². The van der Waals surface area contributed by atoms with E-state index in [1.807, 2.05) is 16.8 Å². The predicted octanol–water partition coefficient (Wildman–Crippen LogP) is 2.27. The highest BCUT2D eigenvalue weighted by molar-refractivity contribution is 7.08. The number of carbonyl (C=O) groups is 2. The van der Waals surface area contributed by atoms with E-state index in [1.54, 1.807) is 19.1 Å². The Morgan fingerprint density at radius 1 is 1.52 bits per heavy atom. The average Bonchev–Trinajstić information content (AvgIpc) is 3.19. The number of allylic oxidation sites excluding steroid dienone is 1. The Kier molecular flexibility index (Phi) is 6.04. The molecule has 7 nitrogen and oxygen atoms in total. The van der Waals surface area contributed by atoms with Gasteiger partial charge in [-0.05, 0) is 24.8 Å². The van der Waals surface area contributed by atoms with Gasteiger partial charge in [-0.1, -0.05) is 17.3 Å². The lowest BCUT2D eigenvalue weighted by Gasteiger charge is -2.11. The third-order valence-electron chi connectivity index (χ3n) is 3.05. The van der Waals surface area contributed by atoms with E-state index in [-0.39, 0.29) is 25.2 Å². The number of nitrogens with one attached hydrogen (secondary N) is 1. The van der Waals surface area contributed by atoms with Crippen molar-refractivity contribution in [3.05, 3.63) is 34.9 Å². The number of hydrogen-bond acceptors (Lipinski definition) is 6. The summed E-state index contributed by atoms with van der Waals surface area (Å²) in [6.07, 6.45) is 4.04. The van der Waals surface area contributed by atoms with Gasteiger partial charge in [-0.3, -0.25) is 4.79 Å². The fourth-order valence-corrected chi connectivity index (χ4v) is 2.48. The van der Waals surface area contributed by atoms with Crippen molar-refractivity contribution in [1.82, 2.24) is 15.5 Å². The molecule has 0 spiro atoms. The van der Waals surface area contributed by atoms with Crippen LogP contribution < -0.4 is 5.32 Å². The second-order valence-electron chi connectivity index (χ2n) is 4.79. The summed E-state index contributed by atoms with van der Waals surface area (Å²) < 4.78 is 5.09. The lowest BCUT2D eigenvalue weighted by molar-refractivity contribution is -0.141. The fourth-order valence-electron chi connectivity index (χ4n) is 1.85. The molecule has 0 bridgehead atoms. The van der Waals surface area contributed by atoms with Gasteiger partial charge < -0.3 is 14.9 Å². The summed E-state index contributed by atoms with van der Waals surface area (Å²) in [6.45, 7) is 1.79. The Hall–Kier alpha value is -2.48. The molecule has 2 aromatic heterocycles. The van der Waals surface area contributed by atoms with Crippen molar-refractivity contribution >= 4 is 23.2 Å². The number of thiophene rings is 1. The van der Waals surface area contributed by atoms with Crippen LogP contribution in [0.4, 0.5) is 0 Å². The monoisotopic (exact) mass is 335 g/mol. The molecule has 1 atom stereocenters. The summed E-state index contributed by atoms with van der Waals surface area (Å²) in [7, 11) is 0. The second kappa shape index (κ2) is 8.23. The van der Waals surface area contributed by atoms with Gasteiger partial charge in [-0.15, -0.1) is 0 Å². The molecule has 0 radical (unpaired) electrons. The van der Waals surface area contributed by atoms with Crippen molar-refractivity contribution in [2.24, 2.45) is 0 Å². The molecule has 0 aliphatic carbocycles. The number of rotatable bonds is 8. The highest BCUT2D eigenvalue weighted by atomic mass is 32.1. The largest absolute Gasteiger partial charge is 0.480 e. The molecule has 1 amide bonds. The van der Waals surface area contributed by atoms with Crippen LogP contribution in [0.15, 0.2) is 33.5 Å². The lowest BCUT2D eigenvalue weighted by Crippen LogP contribution is -2.40. The minimum atomic E-state index is -1.06. The summed E-state index contributed by atoms with van der Waals surface area (Å²) in [5.74, 6) is -0.592. The van der Waals surface area contributed by atoms with Crippen LogP contribution in [0.25, 0.3) is 11.4 Å². The Bertz CT molecular complexity index is 679. The molecule has 0 aliphatic heterocycles. The van der Waals surface area contributed by atoms with E-state index in [0.717, 1.165) is 5.56 Å². The molecule has 0 aromatic carbocycles. The summed E-state index contributed by atoms with van der Waals surface area (Å²) >= 11 is 1.53. The number of hydrogen-bond donors (Lipinski definition) is 2. The van der Waals surface area contributed by atoms with E-state index in [9.17, 15) is 9.59 Å². The average molecular weight is 335 g/mol. The third-order valence-corrected chi connectivity index (χ3v) is 3.74. The molecule has 2 rings (SSSR count). The van der Waals surface area contributed by atoms with Gasteiger partial charge in [0, 0.05) is 23.8 Å². The first kappa shape index (κ1) is 16.9. The van der Waals surface area contributed by atoms with Gasteiger partial charge in [0.1, 0.15) is 6.04 Å². The van der Waals surface area contributed by atoms with Gasteiger partial charge >= 0.3 is 5.97 Å². The number of carboxylic acids is 1. The number of nitrogens with zero attached hydrogens (tertiary/aromatic N) is 2. The minimum Gasteiger partial charge on any atom is -0.480 e. The fraction of sp³-hybridized carbons (Fsp3) is 0.333. The first-order valence-electron chi connectivity index (χ1n) is 7.08. The standard InChI is InChI=1S/C15H17N3O4S/c1-2-3-4-11(15(20)21)16-12(19)5-6-13-17-14(18-22-13)10-7-8-23-9-10/h2-3,7-9,11H,4-6H2,1H3,(H,16,19)(H,20,21)/b3-2+. The highest BCUT2D eigenvalue weighted by Gasteiger charge is 2.19. The van der Waals surface area contributed by atoms with Gasteiger partial charge in [0.05, 0.1) is 0 Å². The summed E-state index contributed by atoms with van der Waals surface area (Å²) in [5, 5.41) is 19.2. The first-order valence-corrected chi connectivity index (χ1v) is 8.03. The zero-order chi connectivity index (χ0) is 16.7. The maximum absolute atomic E-state index is 11.8. The van der Waals surface area contributed by atoms with Crippen LogP contribution in [0.5, 0.6) is 0 Å². The first-order chi connectivity index (χ1) is 11.1. The van der Waals surface area contributed by atoms with Crippen molar-refractivity contribution < 1.29 is 19.2 Å². The number of aliphatic carboxylic acids is 1. The number of aromatic nitrogens is 2. The van der Waals surface area contributed by atoms with E-state index < -0.39 is 12.0 Å². The lowest BCUT2D eigenvalue weighted by atomic mass is 10.2. The van der Waals surface area contributed by atoms with Gasteiger partial charge in [-0.25, -0.2) is 4.79 Å². The SMILES string of the molecule is C/C=C/CC(NC(=O)CCc1nc(-c2ccsc2)no1)C(=O)O. The predicted molar refractivity (Wildman–Crippen MR) is 84.9 cm³/mol. The van der Waals surface area contributed by atoms with Crippen LogP contribution in [-0.4, -0.2) is 33.2 Å². The minimum absolute atomic E-state index is 0.0882. The van der Waals surface area contributed by atoms with Crippen molar-refractivity contribution in [3.63, 3.8) is 0 Å². The molecule has 122 valence electrons. The number of carboxylic acid groups (broad SMARTS) is 1. The summed E-state index contributed by atoms with van der Waals surface area (Å²) in [4.78, 5) is 27.1. The third kappa shape index (κ3) is 5.03. The Labute approximate surface area is 137 Å². The van der Waals surface area contributed by atoms with Crippen molar-refractivity contribution in [1.29, 1.82) is 0 Å². The van der Waals surface area contributed by atoms with Crippen LogP contribution in [0.1, 0.15) is 25.7 Å². The number of amides is 1. The highest BCUT2D eigenvalue weighted by Crippen LogP contribution is 2.18. The van der Waals surface area contributed by atoms with Crippen molar-refractivity contribution in [2.45, 2.75) is 32.2 Å². The van der Waals surface area contributed by atoms with E-state index >= 15 is 0 Å².